The van der Waals surface area contributed by atoms with E-state index in [1.165, 1.54) is 24.3 Å². The number of aliphatic carboxylic acids is 1. The van der Waals surface area contributed by atoms with Crippen molar-refractivity contribution in [2.45, 2.75) is 42.2 Å². The van der Waals surface area contributed by atoms with Crippen molar-refractivity contribution in [2.24, 2.45) is 0 Å². The summed E-state index contributed by atoms with van der Waals surface area (Å²) in [5, 5.41) is 9.39. The smallest absolute Gasteiger partial charge is 0.323 e. The van der Waals surface area contributed by atoms with Gasteiger partial charge in [-0.2, -0.15) is 0 Å². The minimum absolute atomic E-state index is 0.0357. The zero-order valence-corrected chi connectivity index (χ0v) is 14.9. The fraction of sp³-hybridized carbons (Fsp3) is 0.500. The third-order valence-electron chi connectivity index (χ3n) is 4.43. The van der Waals surface area contributed by atoms with Crippen LogP contribution in [-0.4, -0.2) is 48.1 Å². The average Bonchev–Trinajstić information content (AvgIpc) is 3.03. The van der Waals surface area contributed by atoms with Crippen molar-refractivity contribution in [3.63, 3.8) is 0 Å². The Balaban J connectivity index is 2.48. The number of sulfone groups is 1. The lowest BCUT2D eigenvalue weighted by Crippen LogP contribution is -2.53. The SMILES string of the molecule is CCN(CC(=O)O)C(=O)C1(S(=O)(=O)c2ccc(Cl)cc2)CCCC1. The number of carboxylic acid groups (broad SMARTS) is 1. The predicted octanol–water partition coefficient (Wildman–Crippen LogP) is 2.36. The molecular formula is C16H20ClNO5S. The van der Waals surface area contributed by atoms with Crippen LogP contribution in [0.2, 0.25) is 5.02 Å². The molecule has 0 heterocycles. The Morgan fingerprint density at radius 2 is 1.75 bits per heavy atom. The maximum Gasteiger partial charge on any atom is 0.323 e. The summed E-state index contributed by atoms with van der Waals surface area (Å²) in [6, 6.07) is 5.71. The molecule has 132 valence electrons. The number of benzene rings is 1. The number of rotatable bonds is 6. The zero-order chi connectivity index (χ0) is 18.0. The number of nitrogens with zero attached hydrogens (tertiary/aromatic N) is 1. The van der Waals surface area contributed by atoms with Crippen LogP contribution in [0.3, 0.4) is 0 Å². The average molecular weight is 374 g/mol. The molecule has 1 fully saturated rings. The summed E-state index contributed by atoms with van der Waals surface area (Å²) in [5.41, 5.74) is 0. The third kappa shape index (κ3) is 3.28. The number of carboxylic acids is 1. The van der Waals surface area contributed by atoms with Gasteiger partial charge < -0.3 is 10.0 Å². The molecule has 24 heavy (non-hydrogen) atoms. The van der Waals surface area contributed by atoms with Crippen LogP contribution in [0.15, 0.2) is 29.2 Å². The standard InChI is InChI=1S/C16H20ClNO5S/c1-2-18(11-14(19)20)15(21)16(9-3-4-10-16)24(22,23)13-7-5-12(17)6-8-13/h5-8H,2-4,9-11H2,1H3,(H,19,20). The van der Waals surface area contributed by atoms with Crippen LogP contribution >= 0.6 is 11.6 Å². The molecule has 1 aromatic rings. The number of carbonyl (C=O) groups excluding carboxylic acids is 1. The van der Waals surface area contributed by atoms with Gasteiger partial charge in [0.25, 0.3) is 0 Å². The van der Waals surface area contributed by atoms with E-state index in [1.807, 2.05) is 0 Å². The first kappa shape index (κ1) is 18.7. The van der Waals surface area contributed by atoms with Gasteiger partial charge in [-0.05, 0) is 44.0 Å². The fourth-order valence-electron chi connectivity index (χ4n) is 3.16. The largest absolute Gasteiger partial charge is 0.480 e. The van der Waals surface area contributed by atoms with Crippen LogP contribution in [0.25, 0.3) is 0 Å². The highest BCUT2D eigenvalue weighted by molar-refractivity contribution is 7.93. The van der Waals surface area contributed by atoms with Gasteiger partial charge in [0.1, 0.15) is 6.54 Å². The minimum atomic E-state index is -3.95. The van der Waals surface area contributed by atoms with Gasteiger partial charge in [-0.25, -0.2) is 8.42 Å². The summed E-state index contributed by atoms with van der Waals surface area (Å²) in [5.74, 6) is -1.79. The summed E-state index contributed by atoms with van der Waals surface area (Å²) in [7, 11) is -3.95. The Hall–Kier alpha value is -1.60. The van der Waals surface area contributed by atoms with Crippen molar-refractivity contribution in [1.82, 2.24) is 4.90 Å². The number of hydrogen-bond donors (Lipinski definition) is 1. The molecular weight excluding hydrogens is 354 g/mol. The monoisotopic (exact) mass is 373 g/mol. The number of carbonyl (C=O) groups is 2. The molecule has 0 aliphatic heterocycles. The van der Waals surface area contributed by atoms with Gasteiger partial charge in [-0.3, -0.25) is 9.59 Å². The second-order valence-corrected chi connectivity index (χ2v) is 8.57. The molecule has 1 saturated carbocycles. The van der Waals surface area contributed by atoms with Gasteiger partial charge in [-0.1, -0.05) is 24.4 Å². The highest BCUT2D eigenvalue weighted by atomic mass is 35.5. The van der Waals surface area contributed by atoms with Gasteiger partial charge in [0.15, 0.2) is 14.6 Å². The number of hydrogen-bond acceptors (Lipinski definition) is 4. The maximum atomic E-state index is 13.2. The van der Waals surface area contributed by atoms with Gasteiger partial charge in [0, 0.05) is 11.6 Å². The van der Waals surface area contributed by atoms with Crippen molar-refractivity contribution < 1.29 is 23.1 Å². The second-order valence-electron chi connectivity index (χ2n) is 5.87. The van der Waals surface area contributed by atoms with E-state index in [0.717, 1.165) is 4.90 Å². The van der Waals surface area contributed by atoms with Crippen LogP contribution in [0.4, 0.5) is 0 Å². The molecule has 0 aromatic heterocycles. The van der Waals surface area contributed by atoms with E-state index in [-0.39, 0.29) is 24.3 Å². The first-order valence-corrected chi connectivity index (χ1v) is 9.62. The molecule has 1 aromatic carbocycles. The Labute approximate surface area is 146 Å². The normalized spacial score (nSPS) is 16.8. The zero-order valence-electron chi connectivity index (χ0n) is 13.4. The molecule has 0 bridgehead atoms. The molecule has 0 saturated heterocycles. The molecule has 8 heteroatoms. The van der Waals surface area contributed by atoms with Crippen molar-refractivity contribution in [2.75, 3.05) is 13.1 Å². The molecule has 0 spiro atoms. The predicted molar refractivity (Wildman–Crippen MR) is 89.7 cm³/mol. The van der Waals surface area contributed by atoms with Crippen molar-refractivity contribution in [3.05, 3.63) is 29.3 Å². The third-order valence-corrected chi connectivity index (χ3v) is 7.19. The molecule has 1 amide bonds. The Bertz CT molecular complexity index is 723. The van der Waals surface area contributed by atoms with Crippen LogP contribution < -0.4 is 0 Å². The molecule has 0 unspecified atom stereocenters. The first-order valence-electron chi connectivity index (χ1n) is 7.76. The molecule has 0 radical (unpaired) electrons. The van der Waals surface area contributed by atoms with E-state index in [2.05, 4.69) is 0 Å². The highest BCUT2D eigenvalue weighted by Crippen LogP contribution is 2.42. The van der Waals surface area contributed by atoms with Gasteiger partial charge >= 0.3 is 5.97 Å². The summed E-state index contributed by atoms with van der Waals surface area (Å²) in [6.45, 7) is 1.27. The van der Waals surface area contributed by atoms with E-state index in [4.69, 9.17) is 16.7 Å². The minimum Gasteiger partial charge on any atom is -0.480 e. The topological polar surface area (TPSA) is 91.8 Å². The summed E-state index contributed by atoms with van der Waals surface area (Å²) in [4.78, 5) is 25.1. The van der Waals surface area contributed by atoms with Gasteiger partial charge in [-0.15, -0.1) is 0 Å². The molecule has 1 aliphatic rings. The Morgan fingerprint density at radius 1 is 1.21 bits per heavy atom. The van der Waals surface area contributed by atoms with E-state index in [9.17, 15) is 18.0 Å². The Kier molecular flexibility index (Phi) is 5.55. The summed E-state index contributed by atoms with van der Waals surface area (Å²) < 4.78 is 24.8. The summed E-state index contributed by atoms with van der Waals surface area (Å²) in [6.07, 6.45) is 1.63. The first-order chi connectivity index (χ1) is 11.2. The van der Waals surface area contributed by atoms with Crippen LogP contribution in [0.1, 0.15) is 32.6 Å². The number of halogens is 1. The van der Waals surface area contributed by atoms with Crippen molar-refractivity contribution in [3.8, 4) is 0 Å². The molecule has 2 rings (SSSR count). The molecule has 0 atom stereocenters. The van der Waals surface area contributed by atoms with Crippen molar-refractivity contribution >= 4 is 33.3 Å². The van der Waals surface area contributed by atoms with E-state index in [1.54, 1.807) is 6.92 Å². The van der Waals surface area contributed by atoms with Crippen LogP contribution in [0, 0.1) is 0 Å². The van der Waals surface area contributed by atoms with Crippen molar-refractivity contribution in [1.29, 1.82) is 0 Å². The molecule has 1 N–H and O–H groups in total. The summed E-state index contributed by atoms with van der Waals surface area (Å²) >= 11 is 5.81. The van der Waals surface area contributed by atoms with Crippen LogP contribution in [-0.2, 0) is 19.4 Å². The van der Waals surface area contributed by atoms with Gasteiger partial charge in [0.2, 0.25) is 5.91 Å². The maximum absolute atomic E-state index is 13.2. The quantitative estimate of drug-likeness (QED) is 0.826. The Morgan fingerprint density at radius 3 is 2.21 bits per heavy atom. The lowest BCUT2D eigenvalue weighted by Gasteiger charge is -2.32. The fourth-order valence-corrected chi connectivity index (χ4v) is 5.42. The van der Waals surface area contributed by atoms with Gasteiger partial charge in [0.05, 0.1) is 4.90 Å². The molecule has 1 aliphatic carbocycles. The highest BCUT2D eigenvalue weighted by Gasteiger charge is 2.54. The number of amides is 1. The lowest BCUT2D eigenvalue weighted by molar-refractivity contribution is -0.145. The van der Waals surface area contributed by atoms with E-state index in [0.29, 0.717) is 17.9 Å². The lowest BCUT2D eigenvalue weighted by atomic mass is 10.1. The van der Waals surface area contributed by atoms with E-state index >= 15 is 0 Å². The van der Waals surface area contributed by atoms with E-state index < -0.39 is 33.0 Å². The second kappa shape index (κ2) is 7.11. The number of likely N-dealkylation sites (N-methyl/N-ethyl adjacent to an activating group) is 1. The molecule has 6 nitrogen and oxygen atoms in total. The van der Waals surface area contributed by atoms with Crippen LogP contribution in [0.5, 0.6) is 0 Å².